The number of ether oxygens (including phenoxy) is 1. The van der Waals surface area contributed by atoms with Crippen LogP contribution in [0.3, 0.4) is 0 Å². The normalized spacial score (nSPS) is 29.7. The van der Waals surface area contributed by atoms with Crippen molar-refractivity contribution in [2.24, 2.45) is 5.92 Å². The number of allylic oxidation sites excluding steroid dienone is 1. The van der Waals surface area contributed by atoms with Crippen molar-refractivity contribution in [3.63, 3.8) is 0 Å². The van der Waals surface area contributed by atoms with E-state index in [1.807, 2.05) is 46.8 Å². The summed E-state index contributed by atoms with van der Waals surface area (Å²) in [5.41, 5.74) is -1.53. The van der Waals surface area contributed by atoms with Crippen LogP contribution in [0.5, 0.6) is 0 Å². The zero-order valence-electron chi connectivity index (χ0n) is 18.5. The fourth-order valence-corrected chi connectivity index (χ4v) is 4.15. The molecule has 29 heavy (non-hydrogen) atoms. The van der Waals surface area contributed by atoms with Gasteiger partial charge in [-0.25, -0.2) is 4.79 Å². The summed E-state index contributed by atoms with van der Waals surface area (Å²) in [6.07, 6.45) is 6.84. The van der Waals surface area contributed by atoms with Crippen molar-refractivity contribution in [2.75, 3.05) is 26.2 Å². The van der Waals surface area contributed by atoms with Crippen LogP contribution in [0.1, 0.15) is 60.3 Å². The largest absolute Gasteiger partial charge is 0.445 e. The highest BCUT2D eigenvalue weighted by atomic mass is 16.6. The van der Waals surface area contributed by atoms with Crippen molar-refractivity contribution in [3.05, 3.63) is 12.2 Å². The average molecular weight is 408 g/mol. The van der Waals surface area contributed by atoms with Gasteiger partial charge in [0.1, 0.15) is 12.1 Å². The number of carbonyl (C=O) groups excluding carboxylic acids is 3. The Labute approximate surface area is 174 Å². The van der Waals surface area contributed by atoms with Crippen LogP contribution in [-0.4, -0.2) is 65.9 Å². The minimum Gasteiger partial charge on any atom is -0.445 e. The smallest absolute Gasteiger partial charge is 0.410 e. The van der Waals surface area contributed by atoms with Crippen molar-refractivity contribution in [1.82, 2.24) is 15.5 Å². The molecule has 0 saturated carbocycles. The van der Waals surface area contributed by atoms with Crippen LogP contribution in [0.2, 0.25) is 0 Å². The first-order valence-corrected chi connectivity index (χ1v) is 10.8. The van der Waals surface area contributed by atoms with E-state index in [2.05, 4.69) is 10.6 Å². The summed E-state index contributed by atoms with van der Waals surface area (Å²) < 4.78 is 5.27. The summed E-state index contributed by atoms with van der Waals surface area (Å²) in [7, 11) is 0. The second kappa shape index (κ2) is 9.85. The van der Waals surface area contributed by atoms with Gasteiger partial charge in [-0.15, -0.1) is 0 Å². The third kappa shape index (κ3) is 5.89. The Kier molecular flexibility index (Phi) is 8.00. The van der Waals surface area contributed by atoms with E-state index in [1.54, 1.807) is 4.90 Å². The lowest BCUT2D eigenvalue weighted by atomic mass is 9.81. The van der Waals surface area contributed by atoms with Crippen molar-refractivity contribution in [1.29, 1.82) is 0 Å². The highest BCUT2D eigenvalue weighted by Gasteiger charge is 2.51. The number of ketones is 2. The molecule has 0 aromatic carbocycles. The predicted molar refractivity (Wildman–Crippen MR) is 113 cm³/mol. The Bertz CT molecular complexity index is 638. The van der Waals surface area contributed by atoms with Gasteiger partial charge < -0.3 is 9.64 Å². The van der Waals surface area contributed by atoms with Crippen LogP contribution in [0.25, 0.3) is 0 Å². The first-order chi connectivity index (χ1) is 13.6. The lowest BCUT2D eigenvalue weighted by Gasteiger charge is -2.49. The fourth-order valence-electron chi connectivity index (χ4n) is 4.15. The Morgan fingerprint density at radius 1 is 1.17 bits per heavy atom. The summed E-state index contributed by atoms with van der Waals surface area (Å²) in [5, 5.41) is 6.62. The number of nitrogens with one attached hydrogen (secondary N) is 2. The zero-order valence-corrected chi connectivity index (χ0v) is 18.5. The Morgan fingerprint density at radius 3 is 2.48 bits per heavy atom. The van der Waals surface area contributed by atoms with Crippen molar-refractivity contribution < 1.29 is 19.1 Å². The van der Waals surface area contributed by atoms with E-state index in [1.165, 1.54) is 0 Å². The molecule has 1 fully saturated rings. The molecule has 164 valence electrons. The minimum atomic E-state index is -0.797. The van der Waals surface area contributed by atoms with Gasteiger partial charge in [-0.3, -0.25) is 20.2 Å². The molecule has 3 aliphatic heterocycles. The van der Waals surface area contributed by atoms with E-state index in [-0.39, 0.29) is 49.8 Å². The van der Waals surface area contributed by atoms with Gasteiger partial charge in [0.15, 0.2) is 11.6 Å². The van der Waals surface area contributed by atoms with Crippen molar-refractivity contribution in [3.8, 4) is 0 Å². The number of hydrogen-bond donors (Lipinski definition) is 2. The number of hydrogen-bond acceptors (Lipinski definition) is 6. The topological polar surface area (TPSA) is 87.7 Å². The number of amides is 1. The maximum atomic E-state index is 13.2. The average Bonchev–Trinajstić information content (AvgIpc) is 2.62. The monoisotopic (exact) mass is 407 g/mol. The first kappa shape index (κ1) is 23.5. The van der Waals surface area contributed by atoms with E-state index in [0.717, 1.165) is 19.3 Å². The highest BCUT2D eigenvalue weighted by Crippen LogP contribution is 2.26. The molecule has 1 saturated heterocycles. The lowest BCUT2D eigenvalue weighted by molar-refractivity contribution is -0.133. The molecule has 3 aliphatic rings. The third-order valence-corrected chi connectivity index (χ3v) is 5.75. The minimum absolute atomic E-state index is 0.0231. The number of carbonyl (C=O) groups is 3. The molecule has 1 atom stereocenters. The Hall–Kier alpha value is -1.73. The SMILES string of the molecule is CC(C)NC12CN(C1)C(=O)OCC=CCCCC[C@@](C)(C(=O)C(C)C)NCC2=O. The van der Waals surface area contributed by atoms with Gasteiger partial charge in [-0.1, -0.05) is 32.4 Å². The molecule has 7 heteroatoms. The van der Waals surface area contributed by atoms with Crippen LogP contribution in [0.15, 0.2) is 12.2 Å². The summed E-state index contributed by atoms with van der Waals surface area (Å²) >= 11 is 0. The van der Waals surface area contributed by atoms with Gasteiger partial charge in [0, 0.05) is 12.0 Å². The maximum Gasteiger partial charge on any atom is 0.410 e. The maximum absolute atomic E-state index is 13.2. The first-order valence-electron chi connectivity index (χ1n) is 10.8. The molecule has 2 bridgehead atoms. The van der Waals surface area contributed by atoms with E-state index < -0.39 is 17.2 Å². The van der Waals surface area contributed by atoms with Gasteiger partial charge in [0.25, 0.3) is 0 Å². The standard InChI is InChI=1S/C22H37N3O4/c1-16(2)19(27)21(5)11-9-7-6-8-10-12-29-20(28)25-14-22(15-25,24-17(3)4)18(26)13-23-21/h8,10,16-17,23-24H,6-7,9,11-15H2,1-5H3/t21-/m0/s1. The molecule has 2 N–H and O–H groups in total. The van der Waals surface area contributed by atoms with Gasteiger partial charge in [-0.05, 0) is 40.0 Å². The molecule has 7 nitrogen and oxygen atoms in total. The van der Waals surface area contributed by atoms with Crippen molar-refractivity contribution >= 4 is 17.7 Å². The van der Waals surface area contributed by atoms with Crippen LogP contribution >= 0.6 is 0 Å². The Balaban J connectivity index is 2.21. The molecular weight excluding hydrogens is 370 g/mol. The zero-order chi connectivity index (χ0) is 21.7. The second-order valence-electron chi connectivity index (χ2n) is 9.16. The lowest BCUT2D eigenvalue weighted by Crippen LogP contribution is -2.76. The van der Waals surface area contributed by atoms with E-state index in [9.17, 15) is 14.4 Å². The van der Waals surface area contributed by atoms with Crippen molar-refractivity contribution in [2.45, 2.75) is 77.4 Å². The Morgan fingerprint density at radius 2 is 1.86 bits per heavy atom. The number of fused-ring (bicyclic) bond motifs is 11. The molecule has 0 aliphatic carbocycles. The highest BCUT2D eigenvalue weighted by molar-refractivity contribution is 5.95. The third-order valence-electron chi connectivity index (χ3n) is 5.75. The number of rotatable bonds is 4. The number of Topliss-reactive ketones (excluding diaryl/α,β-unsaturated/α-hetero) is 2. The van der Waals surface area contributed by atoms with Gasteiger partial charge in [0.2, 0.25) is 0 Å². The van der Waals surface area contributed by atoms with Gasteiger partial charge in [-0.2, -0.15) is 0 Å². The summed E-state index contributed by atoms with van der Waals surface area (Å²) in [5.74, 6) is 0.00136. The van der Waals surface area contributed by atoms with Crippen LogP contribution < -0.4 is 10.6 Å². The number of nitrogens with zero attached hydrogens (tertiary/aromatic N) is 1. The summed E-state index contributed by atoms with van der Waals surface area (Å²) in [4.78, 5) is 39.8. The summed E-state index contributed by atoms with van der Waals surface area (Å²) in [6.45, 7) is 10.6. The summed E-state index contributed by atoms with van der Waals surface area (Å²) in [6, 6.07) is 0.0920. The molecule has 0 aromatic heterocycles. The quantitative estimate of drug-likeness (QED) is 0.696. The molecule has 3 rings (SSSR count). The van der Waals surface area contributed by atoms with E-state index >= 15 is 0 Å². The molecule has 3 heterocycles. The molecule has 0 radical (unpaired) electrons. The van der Waals surface area contributed by atoms with E-state index in [4.69, 9.17) is 4.74 Å². The van der Waals surface area contributed by atoms with Crippen LogP contribution in [-0.2, 0) is 14.3 Å². The second-order valence-corrected chi connectivity index (χ2v) is 9.16. The van der Waals surface area contributed by atoms with E-state index in [0.29, 0.717) is 6.42 Å². The van der Waals surface area contributed by atoms with Gasteiger partial charge >= 0.3 is 6.09 Å². The molecule has 0 spiro atoms. The molecule has 0 aromatic rings. The molecule has 1 amide bonds. The van der Waals surface area contributed by atoms with Crippen LogP contribution in [0, 0.1) is 5.92 Å². The molecule has 0 unspecified atom stereocenters. The predicted octanol–water partition coefficient (Wildman–Crippen LogP) is 2.45. The van der Waals surface area contributed by atoms with Crippen LogP contribution in [0.4, 0.5) is 4.79 Å². The van der Waals surface area contributed by atoms with Gasteiger partial charge in [0.05, 0.1) is 25.2 Å². The molecular formula is C22H37N3O4. The fraction of sp³-hybridized carbons (Fsp3) is 0.773.